The lowest BCUT2D eigenvalue weighted by atomic mass is 9.93. The number of carboxylic acid groups (broad SMARTS) is 1. The average molecular weight is 268 g/mol. The molecular formula is C15H8O5. The second kappa shape index (κ2) is 4.31. The number of hydrogen-bond donors (Lipinski definition) is 1. The van der Waals surface area contributed by atoms with Crippen molar-refractivity contribution in [1.82, 2.24) is 0 Å². The number of carbonyl (C=O) groups is 3. The Kier molecular flexibility index (Phi) is 2.61. The van der Waals surface area contributed by atoms with Gasteiger partial charge in [-0.3, -0.25) is 0 Å². The van der Waals surface area contributed by atoms with Gasteiger partial charge in [0.1, 0.15) is 0 Å². The number of ether oxygens (including phenoxy) is 1. The number of carbonyl (C=O) groups excluding carboxylic acids is 2. The van der Waals surface area contributed by atoms with Gasteiger partial charge in [0.2, 0.25) is 0 Å². The predicted molar refractivity (Wildman–Crippen MR) is 68.6 cm³/mol. The van der Waals surface area contributed by atoms with Gasteiger partial charge in [0.15, 0.2) is 0 Å². The molecule has 1 N–H and O–H groups in total. The third-order valence-electron chi connectivity index (χ3n) is 3.11. The normalized spacial score (nSPS) is 13.0. The van der Waals surface area contributed by atoms with Gasteiger partial charge < -0.3 is 9.84 Å². The van der Waals surface area contributed by atoms with Crippen LogP contribution >= 0.6 is 0 Å². The van der Waals surface area contributed by atoms with Crippen molar-refractivity contribution in [2.45, 2.75) is 0 Å². The topological polar surface area (TPSA) is 80.7 Å². The van der Waals surface area contributed by atoms with Gasteiger partial charge in [-0.2, -0.15) is 0 Å². The molecule has 0 radical (unpaired) electrons. The number of fused-ring (bicyclic) bond motifs is 1. The maximum Gasteiger partial charge on any atom is 0.347 e. The van der Waals surface area contributed by atoms with Crippen molar-refractivity contribution >= 4 is 17.9 Å². The molecule has 0 saturated heterocycles. The van der Waals surface area contributed by atoms with Crippen LogP contribution in [0.25, 0.3) is 11.1 Å². The van der Waals surface area contributed by atoms with E-state index in [0.717, 1.165) is 0 Å². The minimum Gasteiger partial charge on any atom is -0.478 e. The van der Waals surface area contributed by atoms with E-state index in [9.17, 15) is 14.4 Å². The molecule has 0 amide bonds. The van der Waals surface area contributed by atoms with Crippen LogP contribution in [0.15, 0.2) is 42.5 Å². The Hall–Kier alpha value is -2.95. The Morgan fingerprint density at radius 3 is 2.20 bits per heavy atom. The Labute approximate surface area is 113 Å². The maximum absolute atomic E-state index is 11.8. The van der Waals surface area contributed by atoms with Crippen molar-refractivity contribution in [3.63, 3.8) is 0 Å². The van der Waals surface area contributed by atoms with E-state index >= 15 is 0 Å². The van der Waals surface area contributed by atoms with E-state index < -0.39 is 17.9 Å². The van der Waals surface area contributed by atoms with Gasteiger partial charge in [-0.05, 0) is 17.2 Å². The standard InChI is InChI=1S/C15H8O5/c16-13(17)10-7-6-9(8-4-2-1-3-5-8)11-12(10)15(19)20-14(11)18/h1-7H,(H,16,17). The monoisotopic (exact) mass is 268 g/mol. The second-order valence-corrected chi connectivity index (χ2v) is 4.26. The first kappa shape index (κ1) is 12.1. The summed E-state index contributed by atoms with van der Waals surface area (Å²) in [6, 6.07) is 11.8. The first-order valence-corrected chi connectivity index (χ1v) is 5.82. The zero-order valence-corrected chi connectivity index (χ0v) is 10.1. The minimum absolute atomic E-state index is 0.0149. The van der Waals surface area contributed by atoms with Crippen LogP contribution in [0.3, 0.4) is 0 Å². The molecule has 0 saturated carbocycles. The number of esters is 2. The van der Waals surface area contributed by atoms with E-state index in [-0.39, 0.29) is 16.7 Å². The zero-order valence-electron chi connectivity index (χ0n) is 10.1. The van der Waals surface area contributed by atoms with Crippen molar-refractivity contribution in [1.29, 1.82) is 0 Å². The highest BCUT2D eigenvalue weighted by Crippen LogP contribution is 2.33. The smallest absolute Gasteiger partial charge is 0.347 e. The average Bonchev–Trinajstić information content (AvgIpc) is 2.75. The van der Waals surface area contributed by atoms with E-state index in [0.29, 0.717) is 11.1 Å². The molecule has 2 aromatic carbocycles. The van der Waals surface area contributed by atoms with Gasteiger partial charge in [0.25, 0.3) is 0 Å². The minimum atomic E-state index is -1.27. The van der Waals surface area contributed by atoms with Crippen molar-refractivity contribution in [3.05, 3.63) is 59.2 Å². The van der Waals surface area contributed by atoms with E-state index in [1.165, 1.54) is 12.1 Å². The SMILES string of the molecule is O=C(O)c1ccc(-c2ccccc2)c2c1C(=O)OC2=O. The summed E-state index contributed by atoms with van der Waals surface area (Å²) in [5.74, 6) is -3.00. The maximum atomic E-state index is 11.8. The second-order valence-electron chi connectivity index (χ2n) is 4.26. The van der Waals surface area contributed by atoms with Gasteiger partial charge in [0, 0.05) is 0 Å². The number of hydrogen-bond acceptors (Lipinski definition) is 4. The van der Waals surface area contributed by atoms with Crippen LogP contribution in [0.2, 0.25) is 0 Å². The number of cyclic esters (lactones) is 2. The Bertz CT molecular complexity index is 746. The lowest BCUT2D eigenvalue weighted by Crippen LogP contribution is -2.07. The van der Waals surface area contributed by atoms with Gasteiger partial charge >= 0.3 is 17.9 Å². The van der Waals surface area contributed by atoms with E-state index in [1.54, 1.807) is 24.3 Å². The largest absolute Gasteiger partial charge is 0.478 e. The molecule has 0 fully saturated rings. The fourth-order valence-electron chi connectivity index (χ4n) is 2.25. The predicted octanol–water partition coefficient (Wildman–Crippen LogP) is 2.36. The van der Waals surface area contributed by atoms with E-state index in [1.807, 2.05) is 6.07 Å². The van der Waals surface area contributed by atoms with Crippen molar-refractivity contribution in [3.8, 4) is 11.1 Å². The summed E-state index contributed by atoms with van der Waals surface area (Å²) < 4.78 is 4.54. The molecule has 3 rings (SSSR count). The molecule has 1 aliphatic rings. The molecule has 1 aliphatic heterocycles. The van der Waals surface area contributed by atoms with Gasteiger partial charge in [0.05, 0.1) is 16.7 Å². The first-order chi connectivity index (χ1) is 9.59. The molecule has 20 heavy (non-hydrogen) atoms. The lowest BCUT2D eigenvalue weighted by Gasteiger charge is -2.07. The Balaban J connectivity index is 2.33. The molecular weight excluding hydrogens is 260 g/mol. The number of rotatable bonds is 2. The van der Waals surface area contributed by atoms with E-state index in [4.69, 9.17) is 5.11 Å². The molecule has 0 aliphatic carbocycles. The summed E-state index contributed by atoms with van der Waals surface area (Å²) in [4.78, 5) is 34.6. The fraction of sp³-hybridized carbons (Fsp3) is 0. The highest BCUT2D eigenvalue weighted by molar-refractivity contribution is 6.21. The van der Waals surface area contributed by atoms with Gasteiger partial charge in [-0.1, -0.05) is 36.4 Å². The van der Waals surface area contributed by atoms with Crippen LogP contribution < -0.4 is 0 Å². The molecule has 0 bridgehead atoms. The lowest BCUT2D eigenvalue weighted by molar-refractivity contribution is 0.0439. The van der Waals surface area contributed by atoms with Crippen molar-refractivity contribution in [2.75, 3.05) is 0 Å². The number of aromatic carboxylic acids is 1. The van der Waals surface area contributed by atoms with Gasteiger partial charge in [-0.25, -0.2) is 14.4 Å². The molecule has 0 spiro atoms. The fourth-order valence-corrected chi connectivity index (χ4v) is 2.25. The van der Waals surface area contributed by atoms with Crippen molar-refractivity contribution < 1.29 is 24.2 Å². The van der Waals surface area contributed by atoms with Crippen LogP contribution in [0, 0.1) is 0 Å². The molecule has 1 heterocycles. The molecule has 0 aromatic heterocycles. The van der Waals surface area contributed by atoms with Crippen LogP contribution in [0.4, 0.5) is 0 Å². The van der Waals surface area contributed by atoms with Crippen LogP contribution in [0.1, 0.15) is 31.1 Å². The summed E-state index contributed by atoms with van der Waals surface area (Å²) in [6.45, 7) is 0. The summed E-state index contributed by atoms with van der Waals surface area (Å²) in [5.41, 5.74) is 0.814. The molecule has 5 heteroatoms. The Morgan fingerprint density at radius 1 is 0.900 bits per heavy atom. The quantitative estimate of drug-likeness (QED) is 0.668. The number of benzene rings is 2. The van der Waals surface area contributed by atoms with E-state index in [2.05, 4.69) is 4.74 Å². The molecule has 0 unspecified atom stereocenters. The molecule has 0 atom stereocenters. The first-order valence-electron chi connectivity index (χ1n) is 5.82. The zero-order chi connectivity index (χ0) is 14.3. The van der Waals surface area contributed by atoms with Crippen molar-refractivity contribution in [2.24, 2.45) is 0 Å². The van der Waals surface area contributed by atoms with Crippen LogP contribution in [0.5, 0.6) is 0 Å². The summed E-state index contributed by atoms with van der Waals surface area (Å²) in [5, 5.41) is 9.10. The third kappa shape index (κ3) is 1.68. The van der Waals surface area contributed by atoms with Crippen LogP contribution in [-0.4, -0.2) is 23.0 Å². The summed E-state index contributed by atoms with van der Waals surface area (Å²) in [7, 11) is 0. The molecule has 2 aromatic rings. The summed E-state index contributed by atoms with van der Waals surface area (Å²) in [6.07, 6.45) is 0. The number of carboxylic acids is 1. The van der Waals surface area contributed by atoms with Crippen LogP contribution in [-0.2, 0) is 4.74 Å². The van der Waals surface area contributed by atoms with Gasteiger partial charge in [-0.15, -0.1) is 0 Å². The highest BCUT2D eigenvalue weighted by Gasteiger charge is 2.36. The molecule has 98 valence electrons. The molecule has 5 nitrogen and oxygen atoms in total. The Morgan fingerprint density at radius 2 is 1.55 bits per heavy atom. The summed E-state index contributed by atoms with van der Waals surface area (Å²) >= 11 is 0. The third-order valence-corrected chi connectivity index (χ3v) is 3.11. The highest BCUT2D eigenvalue weighted by atomic mass is 16.6.